The molecule has 7 nitrogen and oxygen atoms in total. The van der Waals surface area contributed by atoms with Gasteiger partial charge in [0, 0.05) is 36.2 Å². The molecule has 0 radical (unpaired) electrons. The van der Waals surface area contributed by atoms with Crippen LogP contribution in [0.3, 0.4) is 0 Å². The van der Waals surface area contributed by atoms with Gasteiger partial charge in [-0.15, -0.1) is 0 Å². The van der Waals surface area contributed by atoms with Crippen molar-refractivity contribution >= 4 is 15.8 Å². The normalized spacial score (nSPS) is 27.9. The molecule has 5 atom stereocenters. The molecule has 4 aliphatic rings. The van der Waals surface area contributed by atoms with Gasteiger partial charge in [0.1, 0.15) is 0 Å². The monoisotopic (exact) mass is 685 g/mol. The van der Waals surface area contributed by atoms with Crippen molar-refractivity contribution in [3.05, 3.63) is 107 Å². The van der Waals surface area contributed by atoms with Crippen LogP contribution in [-0.4, -0.2) is 72.5 Å². The first-order valence-electron chi connectivity index (χ1n) is 17.8. The highest BCUT2D eigenvalue weighted by Gasteiger charge is 2.58. The Morgan fingerprint density at radius 2 is 1.73 bits per heavy atom. The summed E-state index contributed by atoms with van der Waals surface area (Å²) in [5.74, 6) is -0.303. The Labute approximate surface area is 292 Å². The van der Waals surface area contributed by atoms with Crippen LogP contribution in [0.15, 0.2) is 84.4 Å². The second-order valence-corrected chi connectivity index (χ2v) is 16.9. The zero-order valence-electron chi connectivity index (χ0n) is 29.1. The number of benzene rings is 3. The lowest BCUT2D eigenvalue weighted by atomic mass is 9.64. The van der Waals surface area contributed by atoms with E-state index in [2.05, 4.69) is 19.9 Å². The van der Waals surface area contributed by atoms with Gasteiger partial charge in [-0.05, 0) is 98.9 Å². The number of ether oxygens (including phenoxy) is 1. The number of aliphatic hydroxyl groups excluding tert-OH is 1. The second kappa shape index (κ2) is 14.6. The second-order valence-electron chi connectivity index (χ2n) is 14.9. The van der Waals surface area contributed by atoms with Crippen LogP contribution in [0.2, 0.25) is 0 Å². The molecule has 3 aliphatic carbocycles. The van der Waals surface area contributed by atoms with Crippen LogP contribution in [0, 0.1) is 5.41 Å². The molecular formula is C41H51NO6S. The maximum atomic E-state index is 14.8. The van der Waals surface area contributed by atoms with E-state index in [-0.39, 0.29) is 30.9 Å². The lowest BCUT2D eigenvalue weighted by molar-refractivity contribution is -0.0753. The summed E-state index contributed by atoms with van der Waals surface area (Å²) in [6, 6.07) is 23.6. The highest BCUT2D eigenvalue weighted by molar-refractivity contribution is 7.88. The van der Waals surface area contributed by atoms with E-state index < -0.39 is 27.1 Å². The van der Waals surface area contributed by atoms with Crippen molar-refractivity contribution in [3.63, 3.8) is 0 Å². The lowest BCUT2D eigenvalue weighted by Gasteiger charge is -2.46. The van der Waals surface area contributed by atoms with Crippen LogP contribution in [-0.2, 0) is 21.2 Å². The number of aliphatic hydroxyl groups is 2. The largest absolute Gasteiger partial charge is 0.393 e. The summed E-state index contributed by atoms with van der Waals surface area (Å²) in [7, 11) is -3.64. The van der Waals surface area contributed by atoms with Crippen molar-refractivity contribution in [1.82, 2.24) is 4.31 Å². The highest BCUT2D eigenvalue weighted by Crippen LogP contribution is 2.59. The summed E-state index contributed by atoms with van der Waals surface area (Å²) in [6.07, 6.45) is 8.51. The molecule has 2 fully saturated rings. The standard InChI is InChI=1S/C41H51NO6S/c1-29-11-9-22-40(2)38(21-23-41(40,45)28-42(49(3,46)47)27-33-14-10-24-48-33)35-20-18-30(25-32(43)19-17-29)26-37(35)39(44)36-16-8-7-15-34(36)31-12-5-4-6-13-31/h4-8,11-13,15-16,18,20,26,32-33,38,43,45H,9-10,14,17,19,21-25,27-28H2,1-3H3. The maximum absolute atomic E-state index is 14.8. The van der Waals surface area contributed by atoms with Crippen molar-refractivity contribution in [2.24, 2.45) is 5.41 Å². The van der Waals surface area contributed by atoms with Gasteiger partial charge in [-0.1, -0.05) is 85.3 Å². The average Bonchev–Trinajstić information content (AvgIpc) is 3.68. The number of carbonyl (C=O) groups excluding carboxylic acids is 1. The van der Waals surface area contributed by atoms with E-state index in [4.69, 9.17) is 4.74 Å². The molecule has 0 amide bonds. The number of fused-ring (bicyclic) bond motifs is 8. The van der Waals surface area contributed by atoms with Gasteiger partial charge in [-0.25, -0.2) is 8.42 Å². The number of ketones is 1. The van der Waals surface area contributed by atoms with Gasteiger partial charge in [0.2, 0.25) is 10.0 Å². The van der Waals surface area contributed by atoms with Crippen LogP contribution < -0.4 is 0 Å². The fourth-order valence-corrected chi connectivity index (χ4v) is 9.40. The zero-order chi connectivity index (χ0) is 34.8. The first-order valence-corrected chi connectivity index (χ1v) is 19.7. The molecule has 1 saturated carbocycles. The first kappa shape index (κ1) is 35.7. The van der Waals surface area contributed by atoms with E-state index in [0.717, 1.165) is 41.5 Å². The smallest absolute Gasteiger partial charge is 0.211 e. The van der Waals surface area contributed by atoms with Crippen LogP contribution in [0.4, 0.5) is 0 Å². The van der Waals surface area contributed by atoms with E-state index in [1.54, 1.807) is 0 Å². The van der Waals surface area contributed by atoms with E-state index in [9.17, 15) is 23.4 Å². The molecule has 2 bridgehead atoms. The van der Waals surface area contributed by atoms with Crippen molar-refractivity contribution < 1.29 is 28.2 Å². The molecule has 1 heterocycles. The molecule has 2 N–H and O–H groups in total. The van der Waals surface area contributed by atoms with Crippen molar-refractivity contribution in [2.45, 2.75) is 95.4 Å². The van der Waals surface area contributed by atoms with Crippen molar-refractivity contribution in [1.29, 1.82) is 0 Å². The van der Waals surface area contributed by atoms with Gasteiger partial charge in [0.25, 0.3) is 0 Å². The molecule has 0 aromatic heterocycles. The molecule has 1 saturated heterocycles. The highest BCUT2D eigenvalue weighted by atomic mass is 32.2. The summed E-state index contributed by atoms with van der Waals surface area (Å²) in [5.41, 5.74) is 3.85. The van der Waals surface area contributed by atoms with Gasteiger partial charge in [-0.2, -0.15) is 4.31 Å². The summed E-state index contributed by atoms with van der Waals surface area (Å²) in [5, 5.41) is 23.8. The quantitative estimate of drug-likeness (QED) is 0.194. The molecule has 8 heteroatoms. The fourth-order valence-electron chi connectivity index (χ4n) is 8.52. The molecule has 3 aromatic carbocycles. The molecule has 1 aliphatic heterocycles. The number of allylic oxidation sites excluding steroid dienone is 2. The number of sulfonamides is 1. The molecular weight excluding hydrogens is 635 g/mol. The van der Waals surface area contributed by atoms with Crippen LogP contribution in [0.5, 0.6) is 0 Å². The van der Waals surface area contributed by atoms with E-state index in [1.807, 2.05) is 72.8 Å². The number of hydrogen-bond donors (Lipinski definition) is 2. The number of carbonyl (C=O) groups is 1. The third kappa shape index (κ3) is 7.64. The Kier molecular flexibility index (Phi) is 10.6. The Balaban J connectivity index is 1.46. The van der Waals surface area contributed by atoms with Crippen LogP contribution in [0.25, 0.3) is 11.1 Å². The molecule has 3 aromatic rings. The fraction of sp³-hybridized carbons (Fsp3) is 0.488. The van der Waals surface area contributed by atoms with Crippen LogP contribution in [0.1, 0.15) is 98.2 Å². The van der Waals surface area contributed by atoms with Gasteiger partial charge >= 0.3 is 0 Å². The summed E-state index contributed by atoms with van der Waals surface area (Å²) in [4.78, 5) is 14.8. The Hall–Kier alpha value is -3.14. The minimum atomic E-state index is -3.64. The summed E-state index contributed by atoms with van der Waals surface area (Å²) in [6.45, 7) is 5.00. The minimum absolute atomic E-state index is 0.0220. The maximum Gasteiger partial charge on any atom is 0.211 e. The van der Waals surface area contributed by atoms with Crippen LogP contribution >= 0.6 is 0 Å². The van der Waals surface area contributed by atoms with Gasteiger partial charge in [0.05, 0.1) is 24.1 Å². The average molecular weight is 686 g/mol. The van der Waals surface area contributed by atoms with Gasteiger partial charge in [0.15, 0.2) is 5.78 Å². The molecule has 5 unspecified atom stereocenters. The Morgan fingerprint density at radius 3 is 2.47 bits per heavy atom. The third-order valence-electron chi connectivity index (χ3n) is 11.5. The summed E-state index contributed by atoms with van der Waals surface area (Å²) < 4.78 is 33.6. The van der Waals surface area contributed by atoms with E-state index >= 15 is 0 Å². The topological polar surface area (TPSA) is 104 Å². The third-order valence-corrected chi connectivity index (χ3v) is 12.7. The first-order chi connectivity index (χ1) is 23.4. The number of hydrogen-bond acceptors (Lipinski definition) is 6. The Morgan fingerprint density at radius 1 is 0.980 bits per heavy atom. The molecule has 262 valence electrons. The Bertz CT molecular complexity index is 1780. The van der Waals surface area contributed by atoms with Crippen molar-refractivity contribution in [3.8, 4) is 11.1 Å². The van der Waals surface area contributed by atoms with E-state index in [1.165, 1.54) is 16.1 Å². The summed E-state index contributed by atoms with van der Waals surface area (Å²) >= 11 is 0. The predicted octanol–water partition coefficient (Wildman–Crippen LogP) is 7.06. The number of rotatable bonds is 8. The van der Waals surface area contributed by atoms with Crippen molar-refractivity contribution in [2.75, 3.05) is 26.0 Å². The SMILES string of the molecule is CC1=CCCC2(C)C(CCC2(O)CN(CC2CCCO2)S(C)(=O)=O)c2ccc(cc2C(=O)c2ccccc2-c2ccccc2)CC(O)CC1. The molecule has 49 heavy (non-hydrogen) atoms. The molecule has 0 spiro atoms. The van der Waals surface area contributed by atoms with Gasteiger partial charge < -0.3 is 14.9 Å². The molecule has 7 rings (SSSR count). The van der Waals surface area contributed by atoms with E-state index in [0.29, 0.717) is 56.3 Å². The van der Waals surface area contributed by atoms with Gasteiger partial charge in [-0.3, -0.25) is 4.79 Å². The number of nitrogens with zero attached hydrogens (tertiary/aromatic N) is 1. The minimum Gasteiger partial charge on any atom is -0.393 e. The lowest BCUT2D eigenvalue weighted by Crippen LogP contribution is -2.54. The zero-order valence-corrected chi connectivity index (χ0v) is 29.9. The predicted molar refractivity (Wildman–Crippen MR) is 194 cm³/mol.